The average molecular weight is 399 g/mol. The summed E-state index contributed by atoms with van der Waals surface area (Å²) in [6.07, 6.45) is 9.55. The van der Waals surface area contributed by atoms with Gasteiger partial charge in [-0.05, 0) is 76.3 Å². The molecule has 2 saturated carbocycles. The van der Waals surface area contributed by atoms with Gasteiger partial charge in [0.15, 0.2) is 0 Å². The van der Waals surface area contributed by atoms with Gasteiger partial charge in [-0.15, -0.1) is 0 Å². The summed E-state index contributed by atoms with van der Waals surface area (Å²) in [7, 11) is 0. The van der Waals surface area contributed by atoms with Crippen LogP contribution in [0.5, 0.6) is 0 Å². The van der Waals surface area contributed by atoms with E-state index in [1.54, 1.807) is 19.4 Å². The zero-order valence-corrected chi connectivity index (χ0v) is 18.3. The number of benzene rings is 1. The SMILES string of the molecule is CC/C(=C\c1ccccc1)C1CC1NCC1CCC(NCC(C)(C)C(=O)O)CC1. The molecule has 0 aliphatic heterocycles. The van der Waals surface area contributed by atoms with Crippen molar-refractivity contribution in [2.24, 2.45) is 17.3 Å². The summed E-state index contributed by atoms with van der Waals surface area (Å²) >= 11 is 0. The van der Waals surface area contributed by atoms with Gasteiger partial charge in [0.05, 0.1) is 5.41 Å². The molecular formula is C25H38N2O2. The van der Waals surface area contributed by atoms with Gasteiger partial charge in [-0.1, -0.05) is 48.9 Å². The smallest absolute Gasteiger partial charge is 0.310 e. The van der Waals surface area contributed by atoms with E-state index < -0.39 is 11.4 Å². The minimum atomic E-state index is -0.727. The van der Waals surface area contributed by atoms with Crippen LogP contribution in [0.1, 0.15) is 64.9 Å². The van der Waals surface area contributed by atoms with Crippen molar-refractivity contribution >= 4 is 12.0 Å². The number of hydrogen-bond donors (Lipinski definition) is 3. The van der Waals surface area contributed by atoms with Crippen LogP contribution >= 0.6 is 0 Å². The summed E-state index contributed by atoms with van der Waals surface area (Å²) in [6, 6.07) is 11.8. The molecule has 0 amide bonds. The highest BCUT2D eigenvalue weighted by Gasteiger charge is 2.39. The Morgan fingerprint density at radius 3 is 2.45 bits per heavy atom. The van der Waals surface area contributed by atoms with Crippen LogP contribution in [0.3, 0.4) is 0 Å². The zero-order valence-electron chi connectivity index (χ0n) is 18.3. The molecule has 2 fully saturated rings. The second kappa shape index (κ2) is 9.90. The predicted molar refractivity (Wildman–Crippen MR) is 120 cm³/mol. The number of carboxylic acids is 1. The Kier molecular flexibility index (Phi) is 7.53. The van der Waals surface area contributed by atoms with E-state index in [0.717, 1.165) is 31.7 Å². The first-order chi connectivity index (χ1) is 13.9. The maximum Gasteiger partial charge on any atom is 0.310 e. The fourth-order valence-corrected chi connectivity index (χ4v) is 4.43. The molecule has 160 valence electrons. The number of hydrogen-bond acceptors (Lipinski definition) is 3. The van der Waals surface area contributed by atoms with E-state index in [9.17, 15) is 9.90 Å². The Labute approximate surface area is 176 Å². The quantitative estimate of drug-likeness (QED) is 0.534. The highest BCUT2D eigenvalue weighted by Crippen LogP contribution is 2.40. The third kappa shape index (κ3) is 6.42. The molecule has 2 aliphatic rings. The van der Waals surface area contributed by atoms with Crippen LogP contribution in [-0.4, -0.2) is 36.2 Å². The van der Waals surface area contributed by atoms with E-state index in [4.69, 9.17) is 0 Å². The molecule has 3 N–H and O–H groups in total. The average Bonchev–Trinajstić information content (AvgIpc) is 3.50. The maximum atomic E-state index is 11.2. The van der Waals surface area contributed by atoms with E-state index in [1.165, 1.54) is 24.8 Å². The fourth-order valence-electron chi connectivity index (χ4n) is 4.43. The summed E-state index contributed by atoms with van der Waals surface area (Å²) in [5, 5.41) is 16.6. The molecule has 1 aromatic rings. The first-order valence-corrected chi connectivity index (χ1v) is 11.3. The lowest BCUT2D eigenvalue weighted by atomic mass is 9.85. The lowest BCUT2D eigenvalue weighted by Gasteiger charge is -2.31. The summed E-state index contributed by atoms with van der Waals surface area (Å²) in [6.45, 7) is 7.52. The zero-order chi connectivity index (χ0) is 20.9. The van der Waals surface area contributed by atoms with Crippen molar-refractivity contribution in [3.8, 4) is 0 Å². The molecule has 0 radical (unpaired) electrons. The highest BCUT2D eigenvalue weighted by molar-refractivity contribution is 5.73. The lowest BCUT2D eigenvalue weighted by Crippen LogP contribution is -2.43. The molecule has 0 bridgehead atoms. The molecule has 0 heterocycles. The first-order valence-electron chi connectivity index (χ1n) is 11.3. The van der Waals surface area contributed by atoms with Gasteiger partial charge in [-0.3, -0.25) is 4.79 Å². The fraction of sp³-hybridized carbons (Fsp3) is 0.640. The van der Waals surface area contributed by atoms with Crippen LogP contribution in [0.15, 0.2) is 35.9 Å². The van der Waals surface area contributed by atoms with Gasteiger partial charge in [-0.2, -0.15) is 0 Å². The van der Waals surface area contributed by atoms with E-state index >= 15 is 0 Å². The van der Waals surface area contributed by atoms with Gasteiger partial charge in [0.25, 0.3) is 0 Å². The number of rotatable bonds is 10. The number of nitrogens with one attached hydrogen (secondary N) is 2. The third-order valence-corrected chi connectivity index (χ3v) is 6.75. The van der Waals surface area contributed by atoms with Crippen molar-refractivity contribution in [3.63, 3.8) is 0 Å². The van der Waals surface area contributed by atoms with Crippen molar-refractivity contribution in [2.45, 2.75) is 71.4 Å². The molecule has 2 unspecified atom stereocenters. The predicted octanol–water partition coefficient (Wildman–Crippen LogP) is 4.72. The van der Waals surface area contributed by atoms with Crippen molar-refractivity contribution in [2.75, 3.05) is 13.1 Å². The highest BCUT2D eigenvalue weighted by atomic mass is 16.4. The molecule has 2 aliphatic carbocycles. The maximum absolute atomic E-state index is 11.2. The standard InChI is InChI=1S/C25H38N2O2/c1-4-20(14-18-8-6-5-7-9-18)22-15-23(22)26-16-19-10-12-21(13-11-19)27-17-25(2,3)24(28)29/h5-9,14,19,21-23,26-27H,4,10-13,15-17H2,1-3H3,(H,28,29)/b20-14+. The third-order valence-electron chi connectivity index (χ3n) is 6.75. The first kappa shape index (κ1) is 22.0. The molecule has 0 aromatic heterocycles. The molecule has 4 heteroatoms. The second-order valence-electron chi connectivity index (χ2n) is 9.63. The summed E-state index contributed by atoms with van der Waals surface area (Å²) in [5.41, 5.74) is 2.19. The van der Waals surface area contributed by atoms with E-state index in [1.807, 2.05) is 0 Å². The largest absolute Gasteiger partial charge is 0.481 e. The number of aliphatic carboxylic acids is 1. The van der Waals surface area contributed by atoms with Crippen LogP contribution in [-0.2, 0) is 4.79 Å². The van der Waals surface area contributed by atoms with Crippen molar-refractivity contribution in [1.82, 2.24) is 10.6 Å². The Morgan fingerprint density at radius 2 is 1.83 bits per heavy atom. The van der Waals surface area contributed by atoms with Gasteiger partial charge < -0.3 is 15.7 Å². The van der Waals surface area contributed by atoms with Crippen molar-refractivity contribution in [1.29, 1.82) is 0 Å². The van der Waals surface area contributed by atoms with Gasteiger partial charge >= 0.3 is 5.97 Å². The lowest BCUT2D eigenvalue weighted by molar-refractivity contribution is -0.146. The van der Waals surface area contributed by atoms with Crippen LogP contribution in [0.4, 0.5) is 0 Å². The monoisotopic (exact) mass is 398 g/mol. The Hall–Kier alpha value is -1.65. The summed E-state index contributed by atoms with van der Waals surface area (Å²) in [5.74, 6) is 0.732. The molecule has 29 heavy (non-hydrogen) atoms. The molecule has 2 atom stereocenters. The van der Waals surface area contributed by atoms with Gasteiger partial charge in [0.1, 0.15) is 0 Å². The van der Waals surface area contributed by atoms with E-state index in [0.29, 0.717) is 24.5 Å². The second-order valence-corrected chi connectivity index (χ2v) is 9.63. The Balaban J connectivity index is 1.36. The van der Waals surface area contributed by atoms with Crippen LogP contribution in [0, 0.1) is 17.3 Å². The normalized spacial score (nSPS) is 27.6. The van der Waals surface area contributed by atoms with Crippen LogP contribution in [0.25, 0.3) is 6.08 Å². The molecule has 0 spiro atoms. The van der Waals surface area contributed by atoms with E-state index in [-0.39, 0.29) is 0 Å². The molecular weight excluding hydrogens is 360 g/mol. The number of carbonyl (C=O) groups is 1. The van der Waals surface area contributed by atoms with Crippen LogP contribution in [0.2, 0.25) is 0 Å². The molecule has 3 rings (SSSR count). The minimum absolute atomic E-state index is 0.471. The molecule has 1 aromatic carbocycles. The Morgan fingerprint density at radius 1 is 1.14 bits per heavy atom. The van der Waals surface area contributed by atoms with Gasteiger partial charge in [0.2, 0.25) is 0 Å². The van der Waals surface area contributed by atoms with Crippen molar-refractivity contribution in [3.05, 3.63) is 41.5 Å². The van der Waals surface area contributed by atoms with E-state index in [2.05, 4.69) is 54.0 Å². The molecule has 0 saturated heterocycles. The topological polar surface area (TPSA) is 61.4 Å². The Bertz CT molecular complexity index is 690. The van der Waals surface area contributed by atoms with Gasteiger partial charge in [-0.25, -0.2) is 0 Å². The molecule has 4 nitrogen and oxygen atoms in total. The van der Waals surface area contributed by atoms with Crippen molar-refractivity contribution < 1.29 is 9.90 Å². The van der Waals surface area contributed by atoms with Gasteiger partial charge in [0, 0.05) is 18.6 Å². The summed E-state index contributed by atoms with van der Waals surface area (Å²) < 4.78 is 0. The minimum Gasteiger partial charge on any atom is -0.481 e. The summed E-state index contributed by atoms with van der Waals surface area (Å²) in [4.78, 5) is 11.2. The van der Waals surface area contributed by atoms with Crippen LogP contribution < -0.4 is 10.6 Å². The number of carboxylic acid groups (broad SMARTS) is 1.